The minimum Gasteiger partial charge on any atom is -0.330 e. The lowest BCUT2D eigenvalue weighted by molar-refractivity contribution is -0.118. The molecule has 17 heavy (non-hydrogen) atoms. The molecule has 1 amide bonds. The van der Waals surface area contributed by atoms with Gasteiger partial charge < -0.3 is 10.6 Å². The smallest absolute Gasteiger partial charge is 0.226 e. The van der Waals surface area contributed by atoms with Gasteiger partial charge in [0.25, 0.3) is 0 Å². The fraction of sp³-hybridized carbons (Fsp3) is 0.500. The molecule has 0 bridgehead atoms. The molecule has 3 heteroatoms. The molecule has 0 saturated heterocycles. The third-order valence-corrected chi connectivity index (χ3v) is 2.89. The molecule has 94 valence electrons. The number of hydrogen-bond donors (Lipinski definition) is 1. The average Bonchev–Trinajstić information content (AvgIpc) is 2.35. The van der Waals surface area contributed by atoms with Crippen LogP contribution >= 0.6 is 0 Å². The normalized spacial score (nSPS) is 10.6. The number of anilines is 1. The summed E-state index contributed by atoms with van der Waals surface area (Å²) in [6.45, 7) is 4.86. The Balaban J connectivity index is 2.77. The summed E-state index contributed by atoms with van der Waals surface area (Å²) in [5.41, 5.74) is 7.62. The third-order valence-electron chi connectivity index (χ3n) is 2.89. The van der Waals surface area contributed by atoms with Crippen LogP contribution in [0.1, 0.15) is 38.2 Å². The third kappa shape index (κ3) is 3.86. The molecule has 0 radical (unpaired) electrons. The predicted octanol–water partition coefficient (Wildman–Crippen LogP) is 2.51. The molecule has 0 fully saturated rings. The van der Waals surface area contributed by atoms with Crippen molar-refractivity contribution in [1.29, 1.82) is 0 Å². The van der Waals surface area contributed by atoms with Crippen molar-refractivity contribution in [3.05, 3.63) is 29.8 Å². The van der Waals surface area contributed by atoms with Crippen molar-refractivity contribution in [1.82, 2.24) is 0 Å². The predicted molar refractivity (Wildman–Crippen MR) is 72.2 cm³/mol. The van der Waals surface area contributed by atoms with Crippen LogP contribution in [0.4, 0.5) is 5.69 Å². The van der Waals surface area contributed by atoms with Crippen molar-refractivity contribution < 1.29 is 4.79 Å². The molecule has 0 unspecified atom stereocenters. The molecule has 0 heterocycles. The average molecular weight is 234 g/mol. The summed E-state index contributed by atoms with van der Waals surface area (Å²) in [5.74, 6) is 0.596. The lowest BCUT2D eigenvalue weighted by Gasteiger charge is -2.18. The first kappa shape index (κ1) is 13.7. The minimum atomic E-state index is 0.122. The molecule has 0 saturated carbocycles. The second kappa shape index (κ2) is 6.40. The molecule has 0 aliphatic carbocycles. The number of amides is 1. The van der Waals surface area contributed by atoms with Crippen LogP contribution in [0.15, 0.2) is 24.3 Å². The molecule has 1 rings (SSSR count). The first-order valence-electron chi connectivity index (χ1n) is 6.13. The Bertz CT molecular complexity index is 374. The fourth-order valence-electron chi connectivity index (χ4n) is 1.66. The van der Waals surface area contributed by atoms with Gasteiger partial charge in [0.2, 0.25) is 5.91 Å². The van der Waals surface area contributed by atoms with Crippen molar-refractivity contribution in [2.24, 2.45) is 5.73 Å². The standard InChI is InChI=1S/C14H22N2O/c1-11(2)12-6-4-7-13(10-12)16(3)14(17)8-5-9-15/h4,6-7,10-11H,5,8-9,15H2,1-3H3. The maximum Gasteiger partial charge on any atom is 0.226 e. The van der Waals surface area contributed by atoms with Crippen LogP contribution in [0, 0.1) is 0 Å². The highest BCUT2D eigenvalue weighted by atomic mass is 16.2. The Morgan fingerprint density at radius 2 is 2.12 bits per heavy atom. The molecule has 0 aromatic heterocycles. The zero-order valence-electron chi connectivity index (χ0n) is 10.9. The summed E-state index contributed by atoms with van der Waals surface area (Å²) in [6.07, 6.45) is 1.26. The molecule has 1 aromatic rings. The van der Waals surface area contributed by atoms with E-state index < -0.39 is 0 Å². The van der Waals surface area contributed by atoms with E-state index in [1.54, 1.807) is 4.90 Å². The summed E-state index contributed by atoms with van der Waals surface area (Å²) in [4.78, 5) is 13.6. The van der Waals surface area contributed by atoms with E-state index in [-0.39, 0.29) is 5.91 Å². The van der Waals surface area contributed by atoms with Crippen LogP contribution in [0.2, 0.25) is 0 Å². The monoisotopic (exact) mass is 234 g/mol. The van der Waals surface area contributed by atoms with Crippen molar-refractivity contribution in [2.75, 3.05) is 18.5 Å². The van der Waals surface area contributed by atoms with Gasteiger partial charge in [-0.3, -0.25) is 4.79 Å². The van der Waals surface area contributed by atoms with Gasteiger partial charge in [-0.05, 0) is 36.6 Å². The Hall–Kier alpha value is -1.35. The topological polar surface area (TPSA) is 46.3 Å². The van der Waals surface area contributed by atoms with E-state index in [2.05, 4.69) is 26.0 Å². The Morgan fingerprint density at radius 1 is 1.41 bits per heavy atom. The van der Waals surface area contributed by atoms with E-state index in [0.29, 0.717) is 18.9 Å². The van der Waals surface area contributed by atoms with Gasteiger partial charge in [-0.15, -0.1) is 0 Å². The Kier molecular flexibility index (Phi) is 5.16. The van der Waals surface area contributed by atoms with Gasteiger partial charge in [0.05, 0.1) is 0 Å². The molecule has 3 nitrogen and oxygen atoms in total. The van der Waals surface area contributed by atoms with Crippen LogP contribution in [0.3, 0.4) is 0 Å². The van der Waals surface area contributed by atoms with Crippen molar-refractivity contribution >= 4 is 11.6 Å². The van der Waals surface area contributed by atoms with Gasteiger partial charge in [0.15, 0.2) is 0 Å². The van der Waals surface area contributed by atoms with Gasteiger partial charge in [0.1, 0.15) is 0 Å². The number of carbonyl (C=O) groups excluding carboxylic acids is 1. The quantitative estimate of drug-likeness (QED) is 0.851. The zero-order chi connectivity index (χ0) is 12.8. The maximum atomic E-state index is 11.9. The van der Waals surface area contributed by atoms with Crippen LogP contribution in [0.5, 0.6) is 0 Å². The summed E-state index contributed by atoms with van der Waals surface area (Å²) in [5, 5.41) is 0. The molecule has 1 aromatic carbocycles. The van der Waals surface area contributed by atoms with Crippen molar-refractivity contribution in [3.63, 3.8) is 0 Å². The van der Waals surface area contributed by atoms with Gasteiger partial charge in [-0.25, -0.2) is 0 Å². The molecule has 0 spiro atoms. The molecular formula is C14H22N2O. The highest BCUT2D eigenvalue weighted by Crippen LogP contribution is 2.21. The first-order chi connectivity index (χ1) is 8.06. The lowest BCUT2D eigenvalue weighted by atomic mass is 10.0. The second-order valence-corrected chi connectivity index (χ2v) is 4.59. The fourth-order valence-corrected chi connectivity index (χ4v) is 1.66. The van der Waals surface area contributed by atoms with Gasteiger partial charge in [-0.2, -0.15) is 0 Å². The second-order valence-electron chi connectivity index (χ2n) is 4.59. The van der Waals surface area contributed by atoms with E-state index in [1.165, 1.54) is 5.56 Å². The molecular weight excluding hydrogens is 212 g/mol. The lowest BCUT2D eigenvalue weighted by Crippen LogP contribution is -2.26. The summed E-state index contributed by atoms with van der Waals surface area (Å²) in [7, 11) is 1.82. The van der Waals surface area contributed by atoms with E-state index in [0.717, 1.165) is 12.1 Å². The molecule has 2 N–H and O–H groups in total. The van der Waals surface area contributed by atoms with Gasteiger partial charge in [0, 0.05) is 19.2 Å². The van der Waals surface area contributed by atoms with Crippen LogP contribution in [-0.4, -0.2) is 19.5 Å². The number of nitrogens with zero attached hydrogens (tertiary/aromatic N) is 1. The number of benzene rings is 1. The first-order valence-corrected chi connectivity index (χ1v) is 6.13. The largest absolute Gasteiger partial charge is 0.330 e. The van der Waals surface area contributed by atoms with Crippen molar-refractivity contribution in [2.45, 2.75) is 32.6 Å². The van der Waals surface area contributed by atoms with Crippen LogP contribution in [0.25, 0.3) is 0 Å². The Morgan fingerprint density at radius 3 is 2.71 bits per heavy atom. The highest BCUT2D eigenvalue weighted by molar-refractivity contribution is 5.92. The minimum absolute atomic E-state index is 0.122. The number of rotatable bonds is 5. The number of nitrogens with two attached hydrogens (primary N) is 1. The van der Waals surface area contributed by atoms with E-state index in [1.807, 2.05) is 19.2 Å². The SMILES string of the molecule is CC(C)c1cccc(N(C)C(=O)CCCN)c1. The van der Waals surface area contributed by atoms with Crippen LogP contribution < -0.4 is 10.6 Å². The van der Waals surface area contributed by atoms with Crippen molar-refractivity contribution in [3.8, 4) is 0 Å². The zero-order valence-corrected chi connectivity index (χ0v) is 10.9. The summed E-state index contributed by atoms with van der Waals surface area (Å²) >= 11 is 0. The maximum absolute atomic E-state index is 11.9. The van der Waals surface area contributed by atoms with Crippen LogP contribution in [-0.2, 0) is 4.79 Å². The Labute approximate surface area is 104 Å². The number of hydrogen-bond acceptors (Lipinski definition) is 2. The van der Waals surface area contributed by atoms with Gasteiger partial charge >= 0.3 is 0 Å². The number of carbonyl (C=O) groups is 1. The summed E-state index contributed by atoms with van der Waals surface area (Å²) in [6, 6.07) is 8.13. The van der Waals surface area contributed by atoms with E-state index in [4.69, 9.17) is 5.73 Å². The summed E-state index contributed by atoms with van der Waals surface area (Å²) < 4.78 is 0. The molecule has 0 aliphatic heterocycles. The van der Waals surface area contributed by atoms with Gasteiger partial charge in [-0.1, -0.05) is 26.0 Å². The van der Waals surface area contributed by atoms with E-state index in [9.17, 15) is 4.79 Å². The highest BCUT2D eigenvalue weighted by Gasteiger charge is 2.11. The molecule has 0 atom stereocenters. The van der Waals surface area contributed by atoms with E-state index >= 15 is 0 Å². The molecule has 0 aliphatic rings.